The zero-order valence-electron chi connectivity index (χ0n) is 15.3. The van der Waals surface area contributed by atoms with E-state index in [1.54, 1.807) is 31.6 Å². The molecule has 0 aliphatic carbocycles. The summed E-state index contributed by atoms with van der Waals surface area (Å²) < 4.78 is 31.6. The number of aromatic nitrogens is 4. The number of amides is 1. The number of hydrogen-bond donors (Lipinski definition) is 1. The highest BCUT2D eigenvalue weighted by Gasteiger charge is 2.21. The van der Waals surface area contributed by atoms with Crippen LogP contribution in [-0.4, -0.2) is 39.6 Å². The van der Waals surface area contributed by atoms with Crippen LogP contribution < -0.4 is 5.32 Å². The second-order valence-electron chi connectivity index (χ2n) is 6.28. The number of carbonyl (C=O) groups excluding carboxylic acids is 1. The summed E-state index contributed by atoms with van der Waals surface area (Å²) >= 11 is 0. The number of benzene rings is 1. The second-order valence-corrected chi connectivity index (χ2v) is 8.79. The van der Waals surface area contributed by atoms with Crippen LogP contribution in [-0.2, 0) is 16.9 Å². The van der Waals surface area contributed by atoms with Crippen molar-refractivity contribution in [3.05, 3.63) is 41.6 Å². The van der Waals surface area contributed by atoms with Crippen LogP contribution in [0.5, 0.6) is 0 Å². The van der Waals surface area contributed by atoms with E-state index in [-0.39, 0.29) is 22.4 Å². The van der Waals surface area contributed by atoms with Crippen molar-refractivity contribution in [2.45, 2.75) is 30.9 Å². The van der Waals surface area contributed by atoms with Crippen molar-refractivity contribution < 1.29 is 17.6 Å². The maximum Gasteiger partial charge on any atom is 0.322 e. The lowest BCUT2D eigenvalue weighted by molar-refractivity contribution is 0.102. The average molecular weight is 389 g/mol. The number of aryl methyl sites for hydroxylation is 2. The summed E-state index contributed by atoms with van der Waals surface area (Å²) in [5, 5.41) is 13.8. The summed E-state index contributed by atoms with van der Waals surface area (Å²) in [6, 6.07) is 7.50. The molecular weight excluding hydrogens is 370 g/mol. The molecule has 1 aromatic carbocycles. The van der Waals surface area contributed by atoms with Gasteiger partial charge in [-0.2, -0.15) is 5.10 Å². The third-order valence-electron chi connectivity index (χ3n) is 3.91. The Kier molecular flexibility index (Phi) is 4.83. The number of nitrogens with one attached hydrogen (secondary N) is 1. The quantitative estimate of drug-likeness (QED) is 0.710. The molecule has 1 N–H and O–H groups in total. The van der Waals surface area contributed by atoms with Crippen molar-refractivity contribution in [2.75, 3.05) is 5.32 Å². The molecule has 2 aromatic heterocycles. The fourth-order valence-corrected chi connectivity index (χ4v) is 3.55. The third-order valence-corrected chi connectivity index (χ3v) is 6.06. The van der Waals surface area contributed by atoms with Gasteiger partial charge < -0.3 is 4.42 Å². The second kappa shape index (κ2) is 6.95. The van der Waals surface area contributed by atoms with Crippen molar-refractivity contribution in [2.24, 2.45) is 7.05 Å². The molecule has 3 aromatic rings. The van der Waals surface area contributed by atoms with Crippen LogP contribution in [0.4, 0.5) is 6.01 Å². The van der Waals surface area contributed by atoms with E-state index in [1.807, 2.05) is 6.92 Å². The Labute approximate surface area is 156 Å². The largest absolute Gasteiger partial charge is 0.401 e. The summed E-state index contributed by atoms with van der Waals surface area (Å²) in [5.41, 5.74) is 1.58. The van der Waals surface area contributed by atoms with Crippen LogP contribution in [0, 0.1) is 6.92 Å². The number of sulfone groups is 1. The molecule has 0 spiro atoms. The fourth-order valence-electron chi connectivity index (χ4n) is 2.44. The van der Waals surface area contributed by atoms with E-state index >= 15 is 0 Å². The zero-order valence-corrected chi connectivity index (χ0v) is 16.1. The monoisotopic (exact) mass is 389 g/mol. The first-order valence-electron chi connectivity index (χ1n) is 8.18. The Morgan fingerprint density at radius 1 is 1.22 bits per heavy atom. The Balaban J connectivity index is 1.82. The maximum absolute atomic E-state index is 12.4. The van der Waals surface area contributed by atoms with E-state index in [2.05, 4.69) is 20.6 Å². The van der Waals surface area contributed by atoms with Crippen molar-refractivity contribution in [3.8, 4) is 11.6 Å². The lowest BCUT2D eigenvalue weighted by atomic mass is 10.2. The van der Waals surface area contributed by atoms with E-state index in [0.717, 1.165) is 5.69 Å². The molecule has 2 heterocycles. The number of carbonyl (C=O) groups is 1. The van der Waals surface area contributed by atoms with Gasteiger partial charge in [-0.1, -0.05) is 11.2 Å². The Bertz CT molecular complexity index is 1100. The minimum absolute atomic E-state index is 0.0849. The predicted octanol–water partition coefficient (Wildman–Crippen LogP) is 2.21. The van der Waals surface area contributed by atoms with Crippen molar-refractivity contribution in [1.29, 1.82) is 0 Å². The molecule has 9 nitrogen and oxygen atoms in total. The highest BCUT2D eigenvalue weighted by molar-refractivity contribution is 7.92. The van der Waals surface area contributed by atoms with E-state index in [1.165, 1.54) is 24.3 Å². The van der Waals surface area contributed by atoms with Crippen LogP contribution in [0.1, 0.15) is 29.9 Å². The van der Waals surface area contributed by atoms with Gasteiger partial charge in [-0.3, -0.25) is 14.8 Å². The molecule has 10 heteroatoms. The summed E-state index contributed by atoms with van der Waals surface area (Å²) in [4.78, 5) is 12.5. The molecule has 0 atom stereocenters. The molecule has 0 unspecified atom stereocenters. The number of rotatable bonds is 5. The van der Waals surface area contributed by atoms with Crippen LogP contribution in [0.2, 0.25) is 0 Å². The van der Waals surface area contributed by atoms with Crippen molar-refractivity contribution in [1.82, 2.24) is 20.0 Å². The molecule has 0 saturated heterocycles. The highest BCUT2D eigenvalue weighted by atomic mass is 32.2. The molecular formula is C17H19N5O4S. The maximum atomic E-state index is 12.4. The molecule has 3 rings (SSSR count). The molecule has 0 saturated carbocycles. The lowest BCUT2D eigenvalue weighted by Crippen LogP contribution is -2.16. The van der Waals surface area contributed by atoms with E-state index in [0.29, 0.717) is 5.69 Å². The van der Waals surface area contributed by atoms with Crippen molar-refractivity contribution >= 4 is 21.8 Å². The Morgan fingerprint density at radius 2 is 1.96 bits per heavy atom. The molecule has 0 aliphatic rings. The Morgan fingerprint density at radius 3 is 2.59 bits per heavy atom. The van der Waals surface area contributed by atoms with Gasteiger partial charge in [0.15, 0.2) is 9.84 Å². The molecule has 0 aliphatic heterocycles. The van der Waals surface area contributed by atoms with Gasteiger partial charge in [0.2, 0.25) is 0 Å². The number of anilines is 1. The predicted molar refractivity (Wildman–Crippen MR) is 98.0 cm³/mol. The van der Waals surface area contributed by atoms with E-state index in [9.17, 15) is 13.2 Å². The number of nitrogens with zero attached hydrogens (tertiary/aromatic N) is 4. The molecule has 27 heavy (non-hydrogen) atoms. The van der Waals surface area contributed by atoms with Gasteiger partial charge in [0, 0.05) is 12.6 Å². The molecule has 142 valence electrons. The SMILES string of the molecule is Cc1cc(-c2nnc(NC(=O)c3cccc(S(=O)(=O)C(C)C)c3)o2)n(C)n1. The van der Waals surface area contributed by atoms with Crippen LogP contribution in [0.25, 0.3) is 11.6 Å². The molecule has 0 bridgehead atoms. The molecule has 0 fully saturated rings. The lowest BCUT2D eigenvalue weighted by Gasteiger charge is -2.09. The molecule has 1 amide bonds. The van der Waals surface area contributed by atoms with E-state index in [4.69, 9.17) is 4.42 Å². The zero-order chi connectivity index (χ0) is 19.8. The Hall–Kier alpha value is -3.01. The van der Waals surface area contributed by atoms with Gasteiger partial charge >= 0.3 is 6.01 Å². The summed E-state index contributed by atoms with van der Waals surface area (Å²) in [6.07, 6.45) is 0. The summed E-state index contributed by atoms with van der Waals surface area (Å²) in [6.45, 7) is 5.01. The van der Waals surface area contributed by atoms with Crippen molar-refractivity contribution in [3.63, 3.8) is 0 Å². The van der Waals surface area contributed by atoms with Crippen LogP contribution in [0.3, 0.4) is 0 Å². The topological polar surface area (TPSA) is 120 Å². The van der Waals surface area contributed by atoms with Crippen LogP contribution >= 0.6 is 0 Å². The average Bonchev–Trinajstić information content (AvgIpc) is 3.20. The van der Waals surface area contributed by atoms with Gasteiger partial charge in [-0.05, 0) is 45.0 Å². The first-order chi connectivity index (χ1) is 12.7. The standard InChI is InChI=1S/C17H19N5O4S/c1-10(2)27(24,25)13-7-5-6-12(9-13)15(23)18-17-20-19-16(26-17)14-8-11(3)21-22(14)4/h5-10H,1-4H3,(H,18,20,23). The normalized spacial score (nSPS) is 11.7. The van der Waals surface area contributed by atoms with Crippen LogP contribution in [0.15, 0.2) is 39.6 Å². The first kappa shape index (κ1) is 18.8. The summed E-state index contributed by atoms with van der Waals surface area (Å²) in [5.74, 6) is -0.336. The highest BCUT2D eigenvalue weighted by Crippen LogP contribution is 2.21. The van der Waals surface area contributed by atoms with Gasteiger partial charge in [0.1, 0.15) is 5.69 Å². The molecule has 0 radical (unpaired) electrons. The fraction of sp³-hybridized carbons (Fsp3) is 0.294. The number of hydrogen-bond acceptors (Lipinski definition) is 7. The van der Waals surface area contributed by atoms with Gasteiger partial charge in [0.25, 0.3) is 11.8 Å². The minimum Gasteiger partial charge on any atom is -0.401 e. The first-order valence-corrected chi connectivity index (χ1v) is 9.73. The van der Waals surface area contributed by atoms with E-state index < -0.39 is 21.0 Å². The van der Waals surface area contributed by atoms with Gasteiger partial charge in [-0.15, -0.1) is 5.10 Å². The smallest absolute Gasteiger partial charge is 0.322 e. The minimum atomic E-state index is -3.48. The third kappa shape index (κ3) is 3.75. The van der Waals surface area contributed by atoms with Gasteiger partial charge in [-0.25, -0.2) is 8.42 Å². The summed E-state index contributed by atoms with van der Waals surface area (Å²) in [7, 11) is -1.74. The van der Waals surface area contributed by atoms with Gasteiger partial charge in [0.05, 0.1) is 15.8 Å².